The van der Waals surface area contributed by atoms with Gasteiger partial charge in [-0.25, -0.2) is 21.9 Å². The zero-order chi connectivity index (χ0) is 18.7. The molecule has 0 fully saturated rings. The van der Waals surface area contributed by atoms with Gasteiger partial charge in [0, 0.05) is 12.6 Å². The van der Waals surface area contributed by atoms with Gasteiger partial charge in [0.2, 0.25) is 10.0 Å². The summed E-state index contributed by atoms with van der Waals surface area (Å²) in [6.07, 6.45) is 0.483. The van der Waals surface area contributed by atoms with Gasteiger partial charge in [0.05, 0.1) is 5.75 Å². The molecule has 2 aromatic rings. The van der Waals surface area contributed by atoms with Crippen LogP contribution >= 0.6 is 0 Å². The smallest absolute Gasteiger partial charge is 0.211 e. The Hall–Kier alpha value is -1.83. The van der Waals surface area contributed by atoms with Crippen LogP contribution in [0.15, 0.2) is 42.5 Å². The third-order valence-corrected chi connectivity index (χ3v) is 5.34. The number of benzene rings is 2. The van der Waals surface area contributed by atoms with Crippen LogP contribution in [0.4, 0.5) is 8.78 Å². The van der Waals surface area contributed by atoms with Crippen molar-refractivity contribution in [1.82, 2.24) is 4.72 Å². The minimum atomic E-state index is -3.43. The standard InChI is InChI=1S/C18H21F2NO3S/c1-3-8-25(23,24)21-12-18(2,22)15-6-4-13(5-7-15)14-9-16(19)11-17(20)10-14/h4-7,9-11,21-22H,3,8,12H2,1-2H3. The van der Waals surface area contributed by atoms with Crippen molar-refractivity contribution < 1.29 is 22.3 Å². The molecule has 0 saturated heterocycles. The van der Waals surface area contributed by atoms with E-state index in [1.54, 1.807) is 31.2 Å². The minimum Gasteiger partial charge on any atom is -0.384 e. The first kappa shape index (κ1) is 19.5. The summed E-state index contributed by atoms with van der Waals surface area (Å²) in [6.45, 7) is 3.09. The van der Waals surface area contributed by atoms with Gasteiger partial charge >= 0.3 is 0 Å². The van der Waals surface area contributed by atoms with Gasteiger partial charge in [0.1, 0.15) is 17.2 Å². The van der Waals surface area contributed by atoms with E-state index in [4.69, 9.17) is 0 Å². The van der Waals surface area contributed by atoms with Crippen LogP contribution in [0.25, 0.3) is 11.1 Å². The summed E-state index contributed by atoms with van der Waals surface area (Å²) in [5.74, 6) is -1.35. The van der Waals surface area contributed by atoms with Gasteiger partial charge in [0.25, 0.3) is 0 Å². The van der Waals surface area contributed by atoms with Crippen LogP contribution in [0.1, 0.15) is 25.8 Å². The van der Waals surface area contributed by atoms with Crippen LogP contribution in [0.3, 0.4) is 0 Å². The number of nitrogens with one attached hydrogen (secondary N) is 1. The van der Waals surface area contributed by atoms with Crippen LogP contribution in [0, 0.1) is 11.6 Å². The van der Waals surface area contributed by atoms with Crippen molar-refractivity contribution in [1.29, 1.82) is 0 Å². The first-order chi connectivity index (χ1) is 11.6. The van der Waals surface area contributed by atoms with Crippen molar-refractivity contribution in [2.24, 2.45) is 0 Å². The lowest BCUT2D eigenvalue weighted by molar-refractivity contribution is 0.0627. The summed E-state index contributed by atoms with van der Waals surface area (Å²) in [5, 5.41) is 10.5. The molecule has 2 aromatic carbocycles. The third kappa shape index (κ3) is 5.32. The Labute approximate surface area is 146 Å². The van der Waals surface area contributed by atoms with Crippen molar-refractivity contribution in [2.45, 2.75) is 25.9 Å². The van der Waals surface area contributed by atoms with Crippen LogP contribution in [-0.2, 0) is 15.6 Å². The lowest BCUT2D eigenvalue weighted by atomic mass is 9.94. The summed E-state index contributed by atoms with van der Waals surface area (Å²) in [6, 6.07) is 9.69. The van der Waals surface area contributed by atoms with Crippen molar-refractivity contribution >= 4 is 10.0 Å². The quantitative estimate of drug-likeness (QED) is 0.788. The number of sulfonamides is 1. The highest BCUT2D eigenvalue weighted by molar-refractivity contribution is 7.89. The Morgan fingerprint density at radius 2 is 1.60 bits per heavy atom. The highest BCUT2D eigenvalue weighted by Crippen LogP contribution is 2.26. The number of hydrogen-bond acceptors (Lipinski definition) is 3. The molecule has 7 heteroatoms. The second-order valence-corrected chi connectivity index (χ2v) is 8.08. The highest BCUT2D eigenvalue weighted by atomic mass is 32.2. The van der Waals surface area contributed by atoms with Crippen LogP contribution in [0.2, 0.25) is 0 Å². The van der Waals surface area contributed by atoms with Gasteiger partial charge in [-0.2, -0.15) is 0 Å². The normalized spacial score (nSPS) is 14.3. The van der Waals surface area contributed by atoms with Gasteiger partial charge in [-0.05, 0) is 42.2 Å². The van der Waals surface area contributed by atoms with Crippen LogP contribution in [0.5, 0.6) is 0 Å². The molecule has 0 aromatic heterocycles. The molecule has 2 N–H and O–H groups in total. The largest absolute Gasteiger partial charge is 0.384 e. The molecule has 4 nitrogen and oxygen atoms in total. The zero-order valence-corrected chi connectivity index (χ0v) is 14.9. The molecule has 0 saturated carbocycles. The third-order valence-electron chi connectivity index (χ3n) is 3.81. The molecule has 0 aliphatic rings. The minimum absolute atomic E-state index is 0.00679. The monoisotopic (exact) mass is 369 g/mol. The number of aliphatic hydroxyl groups is 1. The first-order valence-electron chi connectivity index (χ1n) is 7.90. The summed E-state index contributed by atoms with van der Waals surface area (Å²) in [4.78, 5) is 0. The molecule has 0 aliphatic carbocycles. The van der Waals surface area contributed by atoms with Crippen molar-refractivity contribution in [3.8, 4) is 11.1 Å². The van der Waals surface area contributed by atoms with E-state index >= 15 is 0 Å². The average molecular weight is 369 g/mol. The number of rotatable bonds is 7. The maximum atomic E-state index is 13.3. The molecule has 0 amide bonds. The summed E-state index contributed by atoms with van der Waals surface area (Å²) >= 11 is 0. The summed E-state index contributed by atoms with van der Waals surface area (Å²) < 4.78 is 52.4. The Bertz CT molecular complexity index is 814. The second kappa shape index (κ2) is 7.59. The SMILES string of the molecule is CCCS(=O)(=O)NCC(C)(O)c1ccc(-c2cc(F)cc(F)c2)cc1. The van der Waals surface area contributed by atoms with Crippen LogP contribution < -0.4 is 4.72 Å². The van der Waals surface area contributed by atoms with Gasteiger partial charge in [-0.1, -0.05) is 31.2 Å². The van der Waals surface area contributed by atoms with E-state index in [2.05, 4.69) is 4.72 Å². The summed E-state index contributed by atoms with van der Waals surface area (Å²) in [7, 11) is -3.43. The molecule has 25 heavy (non-hydrogen) atoms. The fourth-order valence-corrected chi connectivity index (χ4v) is 3.62. The molecule has 0 spiro atoms. The molecule has 2 rings (SSSR count). The molecular formula is C18H21F2NO3S. The van der Waals surface area contributed by atoms with Gasteiger partial charge in [-0.3, -0.25) is 0 Å². The maximum absolute atomic E-state index is 13.3. The van der Waals surface area contributed by atoms with E-state index in [0.29, 0.717) is 23.1 Å². The topological polar surface area (TPSA) is 66.4 Å². The zero-order valence-electron chi connectivity index (χ0n) is 14.1. The summed E-state index contributed by atoms with van der Waals surface area (Å²) in [5.41, 5.74) is 0.0520. The van der Waals surface area contributed by atoms with Crippen molar-refractivity contribution in [3.05, 3.63) is 59.7 Å². The Balaban J connectivity index is 2.17. The fourth-order valence-electron chi connectivity index (χ4n) is 2.44. The van der Waals surface area contributed by atoms with E-state index in [1.807, 2.05) is 0 Å². The molecule has 1 unspecified atom stereocenters. The van der Waals surface area contributed by atoms with Crippen LogP contribution in [-0.4, -0.2) is 25.8 Å². The molecule has 0 bridgehead atoms. The number of halogens is 2. The van der Waals surface area contributed by atoms with E-state index in [1.165, 1.54) is 19.1 Å². The van der Waals surface area contributed by atoms with Gasteiger partial charge in [-0.15, -0.1) is 0 Å². The lowest BCUT2D eigenvalue weighted by Gasteiger charge is -2.24. The van der Waals surface area contributed by atoms with Crippen molar-refractivity contribution in [2.75, 3.05) is 12.3 Å². The molecule has 0 aliphatic heterocycles. The number of hydrogen-bond donors (Lipinski definition) is 2. The second-order valence-electron chi connectivity index (χ2n) is 6.15. The van der Waals surface area contributed by atoms with Gasteiger partial charge < -0.3 is 5.11 Å². The lowest BCUT2D eigenvalue weighted by Crippen LogP contribution is -2.39. The predicted octanol–water partition coefficient (Wildman–Crippen LogP) is 3.17. The fraction of sp³-hybridized carbons (Fsp3) is 0.333. The van der Waals surface area contributed by atoms with Crippen molar-refractivity contribution in [3.63, 3.8) is 0 Å². The molecule has 136 valence electrons. The molecular weight excluding hydrogens is 348 g/mol. The molecule has 0 radical (unpaired) electrons. The van der Waals surface area contributed by atoms with E-state index in [9.17, 15) is 22.3 Å². The molecule has 1 atom stereocenters. The Morgan fingerprint density at radius 1 is 1.04 bits per heavy atom. The highest BCUT2D eigenvalue weighted by Gasteiger charge is 2.25. The van der Waals surface area contributed by atoms with Gasteiger partial charge in [0.15, 0.2) is 0 Å². The Morgan fingerprint density at radius 3 is 2.12 bits per heavy atom. The van der Waals surface area contributed by atoms with E-state index in [0.717, 1.165) is 6.07 Å². The Kier molecular flexibility index (Phi) is 5.92. The molecule has 0 heterocycles. The van der Waals surface area contributed by atoms with E-state index < -0.39 is 27.3 Å². The predicted molar refractivity (Wildman–Crippen MR) is 93.4 cm³/mol. The maximum Gasteiger partial charge on any atom is 0.211 e. The first-order valence-corrected chi connectivity index (χ1v) is 9.55. The average Bonchev–Trinajstić information content (AvgIpc) is 2.52. The van der Waals surface area contributed by atoms with E-state index in [-0.39, 0.29) is 12.3 Å².